The Hall–Kier alpha value is -3.92. The number of phenols is 4. The summed E-state index contributed by atoms with van der Waals surface area (Å²) in [5.41, 5.74) is 3.56. The van der Waals surface area contributed by atoms with Crippen LogP contribution < -0.4 is 0 Å². The second-order valence-electron chi connectivity index (χ2n) is 6.20. The smallest absolute Gasteiger partial charge is 0.116 e. The van der Waals surface area contributed by atoms with E-state index < -0.39 is 0 Å². The molecule has 0 aliphatic carbocycles. The second kappa shape index (κ2) is 8.64. The van der Waals surface area contributed by atoms with E-state index in [1.807, 2.05) is 24.3 Å². The molecule has 4 aromatic rings. The minimum absolute atomic E-state index is 0.228. The predicted molar refractivity (Wildman–Crippen MR) is 110 cm³/mol. The summed E-state index contributed by atoms with van der Waals surface area (Å²) < 4.78 is 0. The number of phenolic OH excluding ortho intramolecular Hbond substituents is 4. The maximum absolute atomic E-state index is 9.28. The molecule has 4 rings (SSSR count). The first kappa shape index (κ1) is 18.9. The van der Waals surface area contributed by atoms with E-state index in [0.717, 1.165) is 22.3 Å². The van der Waals surface area contributed by atoms with E-state index in [4.69, 9.17) is 0 Å². The van der Waals surface area contributed by atoms with Gasteiger partial charge in [-0.25, -0.2) is 0 Å². The maximum Gasteiger partial charge on any atom is 0.116 e. The van der Waals surface area contributed by atoms with E-state index in [9.17, 15) is 20.4 Å². The summed E-state index contributed by atoms with van der Waals surface area (Å²) in [6, 6.07) is 27.7. The lowest BCUT2D eigenvalue weighted by molar-refractivity contribution is 0.474. The van der Waals surface area contributed by atoms with Gasteiger partial charge in [-0.1, -0.05) is 48.5 Å². The number of rotatable bonds is 2. The van der Waals surface area contributed by atoms with Crippen LogP contribution in [0.2, 0.25) is 0 Å². The molecule has 0 aliphatic heterocycles. The van der Waals surface area contributed by atoms with Crippen LogP contribution in [0.3, 0.4) is 0 Å². The molecule has 0 aromatic heterocycles. The molecule has 4 heteroatoms. The Labute approximate surface area is 163 Å². The number of hydrogen-bond acceptors (Lipinski definition) is 4. The zero-order chi connectivity index (χ0) is 19.9. The number of hydrogen-bond donors (Lipinski definition) is 4. The minimum Gasteiger partial charge on any atom is -0.508 e. The SMILES string of the molecule is Oc1cccc(-c2cccc(O)c2)c1.Oc1cccc(-c2cccc(O)c2)c1. The summed E-state index contributed by atoms with van der Waals surface area (Å²) in [5, 5.41) is 37.1. The van der Waals surface area contributed by atoms with E-state index in [-0.39, 0.29) is 23.0 Å². The molecule has 0 saturated carbocycles. The van der Waals surface area contributed by atoms with Crippen LogP contribution in [0.1, 0.15) is 0 Å². The molecule has 0 aliphatic rings. The lowest BCUT2D eigenvalue weighted by Gasteiger charge is -2.02. The van der Waals surface area contributed by atoms with Crippen LogP contribution in [0.5, 0.6) is 23.0 Å². The molecule has 0 unspecified atom stereocenters. The first-order valence-corrected chi connectivity index (χ1v) is 8.68. The van der Waals surface area contributed by atoms with Gasteiger partial charge in [-0.05, 0) is 70.8 Å². The largest absolute Gasteiger partial charge is 0.508 e. The topological polar surface area (TPSA) is 80.9 Å². The fraction of sp³-hybridized carbons (Fsp3) is 0. The molecule has 4 N–H and O–H groups in total. The summed E-state index contributed by atoms with van der Waals surface area (Å²) in [4.78, 5) is 0. The standard InChI is InChI=1S/2C12H10O2/c2*13-11-5-1-3-9(7-11)10-4-2-6-12(14)8-10/h2*1-8,13-14H. The molecular formula is C24H20O4. The number of aromatic hydroxyl groups is 4. The van der Waals surface area contributed by atoms with Crippen molar-refractivity contribution in [2.75, 3.05) is 0 Å². The molecule has 0 amide bonds. The Morgan fingerprint density at radius 2 is 0.536 bits per heavy atom. The van der Waals surface area contributed by atoms with Crippen LogP contribution in [-0.2, 0) is 0 Å². The zero-order valence-corrected chi connectivity index (χ0v) is 15.0. The first-order valence-electron chi connectivity index (χ1n) is 8.68. The Morgan fingerprint density at radius 1 is 0.321 bits per heavy atom. The molecule has 0 atom stereocenters. The summed E-state index contributed by atoms with van der Waals surface area (Å²) in [5.74, 6) is 0.911. The Balaban J connectivity index is 0.000000161. The Kier molecular flexibility index (Phi) is 5.82. The fourth-order valence-electron chi connectivity index (χ4n) is 2.74. The molecule has 4 nitrogen and oxygen atoms in total. The van der Waals surface area contributed by atoms with Crippen LogP contribution in [0.15, 0.2) is 97.1 Å². The summed E-state index contributed by atoms with van der Waals surface area (Å²) in [6.45, 7) is 0. The van der Waals surface area contributed by atoms with Crippen molar-refractivity contribution in [1.82, 2.24) is 0 Å². The lowest BCUT2D eigenvalue weighted by Crippen LogP contribution is -1.76. The summed E-state index contributed by atoms with van der Waals surface area (Å²) >= 11 is 0. The highest BCUT2D eigenvalue weighted by Gasteiger charge is 1.99. The molecule has 140 valence electrons. The van der Waals surface area contributed by atoms with Gasteiger partial charge in [-0.2, -0.15) is 0 Å². The Morgan fingerprint density at radius 3 is 0.714 bits per heavy atom. The molecule has 0 heterocycles. The van der Waals surface area contributed by atoms with Gasteiger partial charge >= 0.3 is 0 Å². The molecule has 28 heavy (non-hydrogen) atoms. The normalized spacial score (nSPS) is 10.0. The van der Waals surface area contributed by atoms with E-state index in [1.54, 1.807) is 72.8 Å². The van der Waals surface area contributed by atoms with E-state index in [2.05, 4.69) is 0 Å². The van der Waals surface area contributed by atoms with Gasteiger partial charge in [0.05, 0.1) is 0 Å². The molecular weight excluding hydrogens is 352 g/mol. The van der Waals surface area contributed by atoms with Crippen molar-refractivity contribution in [3.63, 3.8) is 0 Å². The first-order chi connectivity index (χ1) is 13.5. The van der Waals surface area contributed by atoms with Crippen molar-refractivity contribution >= 4 is 0 Å². The van der Waals surface area contributed by atoms with Crippen LogP contribution >= 0.6 is 0 Å². The molecule has 0 bridgehead atoms. The van der Waals surface area contributed by atoms with Gasteiger partial charge < -0.3 is 20.4 Å². The number of benzene rings is 4. The predicted octanol–water partition coefficient (Wildman–Crippen LogP) is 5.53. The Bertz CT molecular complexity index is 899. The molecule has 0 radical (unpaired) electrons. The van der Waals surface area contributed by atoms with E-state index in [0.29, 0.717) is 0 Å². The molecule has 0 spiro atoms. The monoisotopic (exact) mass is 372 g/mol. The van der Waals surface area contributed by atoms with Crippen LogP contribution in [0, 0.1) is 0 Å². The van der Waals surface area contributed by atoms with Crippen molar-refractivity contribution in [2.24, 2.45) is 0 Å². The van der Waals surface area contributed by atoms with Gasteiger partial charge in [0.25, 0.3) is 0 Å². The van der Waals surface area contributed by atoms with Gasteiger partial charge in [-0.3, -0.25) is 0 Å². The highest BCUT2D eigenvalue weighted by Crippen LogP contribution is 2.26. The van der Waals surface area contributed by atoms with Crippen molar-refractivity contribution in [3.05, 3.63) is 97.1 Å². The highest BCUT2D eigenvalue weighted by molar-refractivity contribution is 5.67. The molecule has 0 fully saturated rings. The van der Waals surface area contributed by atoms with Gasteiger partial charge in [0.15, 0.2) is 0 Å². The third-order valence-corrected chi connectivity index (χ3v) is 4.05. The third kappa shape index (κ3) is 5.05. The van der Waals surface area contributed by atoms with E-state index in [1.165, 1.54) is 0 Å². The van der Waals surface area contributed by atoms with Crippen LogP contribution in [-0.4, -0.2) is 20.4 Å². The van der Waals surface area contributed by atoms with Gasteiger partial charge in [0, 0.05) is 0 Å². The summed E-state index contributed by atoms with van der Waals surface area (Å²) in [7, 11) is 0. The third-order valence-electron chi connectivity index (χ3n) is 4.05. The average Bonchev–Trinajstić information content (AvgIpc) is 2.69. The molecule has 4 aromatic carbocycles. The van der Waals surface area contributed by atoms with Crippen molar-refractivity contribution < 1.29 is 20.4 Å². The zero-order valence-electron chi connectivity index (χ0n) is 15.0. The maximum atomic E-state index is 9.28. The second-order valence-corrected chi connectivity index (χ2v) is 6.20. The lowest BCUT2D eigenvalue weighted by atomic mass is 10.1. The average molecular weight is 372 g/mol. The molecule has 0 saturated heterocycles. The fourth-order valence-corrected chi connectivity index (χ4v) is 2.74. The highest BCUT2D eigenvalue weighted by atomic mass is 16.3. The van der Waals surface area contributed by atoms with Crippen molar-refractivity contribution in [2.45, 2.75) is 0 Å². The van der Waals surface area contributed by atoms with Crippen molar-refractivity contribution in [3.8, 4) is 45.3 Å². The van der Waals surface area contributed by atoms with Crippen molar-refractivity contribution in [1.29, 1.82) is 0 Å². The quantitative estimate of drug-likeness (QED) is 0.373. The minimum atomic E-state index is 0.228. The van der Waals surface area contributed by atoms with Gasteiger partial charge in [0.2, 0.25) is 0 Å². The van der Waals surface area contributed by atoms with Crippen LogP contribution in [0.25, 0.3) is 22.3 Å². The van der Waals surface area contributed by atoms with Gasteiger partial charge in [0.1, 0.15) is 23.0 Å². The summed E-state index contributed by atoms with van der Waals surface area (Å²) in [6.07, 6.45) is 0. The van der Waals surface area contributed by atoms with Gasteiger partial charge in [-0.15, -0.1) is 0 Å². The van der Waals surface area contributed by atoms with E-state index >= 15 is 0 Å². The van der Waals surface area contributed by atoms with Crippen LogP contribution in [0.4, 0.5) is 0 Å².